The summed E-state index contributed by atoms with van der Waals surface area (Å²) in [5, 5.41) is 9.35. The minimum absolute atomic E-state index is 0.0593. The summed E-state index contributed by atoms with van der Waals surface area (Å²) < 4.78 is 5.25. The predicted molar refractivity (Wildman–Crippen MR) is 68.2 cm³/mol. The van der Waals surface area contributed by atoms with Gasteiger partial charge in [0.25, 0.3) is 0 Å². The van der Waals surface area contributed by atoms with Crippen molar-refractivity contribution in [3.8, 4) is 6.07 Å². The van der Waals surface area contributed by atoms with Crippen LogP contribution >= 0.6 is 0 Å². The van der Waals surface area contributed by atoms with Gasteiger partial charge in [-0.25, -0.2) is 0 Å². The SMILES string of the molecule is CCc1ccc(C(=O)C2(C#N)CCOCC2)cc1. The number of carbonyl (C=O) groups excluding carboxylic acids is 1. The van der Waals surface area contributed by atoms with Crippen LogP contribution in [0.25, 0.3) is 0 Å². The highest BCUT2D eigenvalue weighted by Gasteiger charge is 2.40. The van der Waals surface area contributed by atoms with Crippen molar-refractivity contribution in [2.45, 2.75) is 26.2 Å². The van der Waals surface area contributed by atoms with Gasteiger partial charge in [0.1, 0.15) is 5.41 Å². The Bertz CT molecular complexity index is 464. The molecule has 0 radical (unpaired) electrons. The van der Waals surface area contributed by atoms with Crippen LogP contribution in [0.15, 0.2) is 24.3 Å². The first-order chi connectivity index (χ1) is 8.72. The molecular weight excluding hydrogens is 226 g/mol. The molecule has 0 amide bonds. The monoisotopic (exact) mass is 243 g/mol. The van der Waals surface area contributed by atoms with Crippen LogP contribution in [0.2, 0.25) is 0 Å². The van der Waals surface area contributed by atoms with Crippen molar-refractivity contribution in [3.63, 3.8) is 0 Å². The zero-order valence-electron chi connectivity index (χ0n) is 10.6. The first-order valence-electron chi connectivity index (χ1n) is 6.34. The Hall–Kier alpha value is -1.66. The Labute approximate surface area is 107 Å². The third kappa shape index (κ3) is 2.30. The number of aryl methyl sites for hydroxylation is 1. The van der Waals surface area contributed by atoms with Crippen LogP contribution in [0.1, 0.15) is 35.7 Å². The largest absolute Gasteiger partial charge is 0.381 e. The zero-order chi connectivity index (χ0) is 13.0. The number of rotatable bonds is 3. The predicted octanol–water partition coefficient (Wildman–Crippen LogP) is 2.75. The molecule has 3 nitrogen and oxygen atoms in total. The molecule has 0 aliphatic carbocycles. The molecule has 1 aliphatic rings. The molecule has 1 aromatic carbocycles. The average molecular weight is 243 g/mol. The van der Waals surface area contributed by atoms with Crippen molar-refractivity contribution in [1.29, 1.82) is 5.26 Å². The first-order valence-corrected chi connectivity index (χ1v) is 6.34. The molecule has 1 heterocycles. The van der Waals surface area contributed by atoms with E-state index in [1.54, 1.807) is 0 Å². The van der Waals surface area contributed by atoms with Crippen LogP contribution in [0.3, 0.4) is 0 Å². The molecule has 0 saturated carbocycles. The van der Waals surface area contributed by atoms with Gasteiger partial charge in [0.05, 0.1) is 6.07 Å². The highest BCUT2D eigenvalue weighted by molar-refractivity contribution is 6.02. The van der Waals surface area contributed by atoms with E-state index in [-0.39, 0.29) is 5.78 Å². The summed E-state index contributed by atoms with van der Waals surface area (Å²) in [6.07, 6.45) is 1.95. The Morgan fingerprint density at radius 1 is 1.33 bits per heavy atom. The molecule has 0 N–H and O–H groups in total. The summed E-state index contributed by atoms with van der Waals surface area (Å²) >= 11 is 0. The minimum Gasteiger partial charge on any atom is -0.381 e. The molecule has 1 saturated heterocycles. The lowest BCUT2D eigenvalue weighted by Gasteiger charge is -2.29. The van der Waals surface area contributed by atoms with Crippen LogP contribution in [-0.4, -0.2) is 19.0 Å². The van der Waals surface area contributed by atoms with E-state index in [1.807, 2.05) is 24.3 Å². The number of benzene rings is 1. The maximum Gasteiger partial charge on any atom is 0.183 e. The minimum atomic E-state index is -0.883. The Kier molecular flexibility index (Phi) is 3.78. The second-order valence-electron chi connectivity index (χ2n) is 4.69. The molecule has 2 rings (SSSR count). The van der Waals surface area contributed by atoms with Gasteiger partial charge >= 0.3 is 0 Å². The van der Waals surface area contributed by atoms with Crippen LogP contribution < -0.4 is 0 Å². The second kappa shape index (κ2) is 5.32. The van der Waals surface area contributed by atoms with Crippen molar-refractivity contribution < 1.29 is 9.53 Å². The van der Waals surface area contributed by atoms with Crippen LogP contribution in [-0.2, 0) is 11.2 Å². The van der Waals surface area contributed by atoms with E-state index in [0.717, 1.165) is 6.42 Å². The molecule has 0 atom stereocenters. The molecule has 0 spiro atoms. The molecule has 18 heavy (non-hydrogen) atoms. The molecule has 1 aliphatic heterocycles. The smallest absolute Gasteiger partial charge is 0.183 e. The van der Waals surface area contributed by atoms with Crippen LogP contribution in [0.4, 0.5) is 0 Å². The van der Waals surface area contributed by atoms with E-state index < -0.39 is 5.41 Å². The highest BCUT2D eigenvalue weighted by Crippen LogP contribution is 2.33. The van der Waals surface area contributed by atoms with E-state index in [2.05, 4.69) is 13.0 Å². The third-order valence-corrected chi connectivity index (χ3v) is 3.62. The van der Waals surface area contributed by atoms with Crippen molar-refractivity contribution in [2.24, 2.45) is 5.41 Å². The number of ether oxygens (including phenoxy) is 1. The Morgan fingerprint density at radius 3 is 2.44 bits per heavy atom. The fourth-order valence-corrected chi connectivity index (χ4v) is 2.28. The lowest BCUT2D eigenvalue weighted by Crippen LogP contribution is -2.36. The Balaban J connectivity index is 2.25. The molecule has 0 bridgehead atoms. The first kappa shape index (κ1) is 12.8. The Morgan fingerprint density at radius 2 is 1.94 bits per heavy atom. The van der Waals surface area contributed by atoms with Gasteiger partial charge in [0.15, 0.2) is 5.78 Å². The van der Waals surface area contributed by atoms with E-state index in [1.165, 1.54) is 5.56 Å². The van der Waals surface area contributed by atoms with Gasteiger partial charge in [-0.2, -0.15) is 5.26 Å². The van der Waals surface area contributed by atoms with Gasteiger partial charge in [-0.05, 0) is 24.8 Å². The number of nitrogens with zero attached hydrogens (tertiary/aromatic N) is 1. The fourth-order valence-electron chi connectivity index (χ4n) is 2.28. The number of hydrogen-bond acceptors (Lipinski definition) is 3. The maximum absolute atomic E-state index is 12.5. The number of Topliss-reactive ketones (excluding diaryl/α,β-unsaturated/α-hetero) is 1. The van der Waals surface area contributed by atoms with Crippen molar-refractivity contribution in [2.75, 3.05) is 13.2 Å². The van der Waals surface area contributed by atoms with Gasteiger partial charge < -0.3 is 4.74 Å². The number of ketones is 1. The lowest BCUT2D eigenvalue weighted by atomic mass is 9.75. The standard InChI is InChI=1S/C15H17NO2/c1-2-12-3-5-13(6-4-12)14(17)15(11-16)7-9-18-10-8-15/h3-6H,2,7-10H2,1H3. The van der Waals surface area contributed by atoms with E-state index in [0.29, 0.717) is 31.6 Å². The summed E-state index contributed by atoms with van der Waals surface area (Å²) in [5.74, 6) is -0.0593. The van der Waals surface area contributed by atoms with Gasteiger partial charge in [-0.1, -0.05) is 31.2 Å². The summed E-state index contributed by atoms with van der Waals surface area (Å²) in [4.78, 5) is 12.5. The molecule has 0 unspecified atom stereocenters. The van der Waals surface area contributed by atoms with E-state index >= 15 is 0 Å². The van der Waals surface area contributed by atoms with Crippen molar-refractivity contribution in [1.82, 2.24) is 0 Å². The molecule has 94 valence electrons. The summed E-state index contributed by atoms with van der Waals surface area (Å²) in [7, 11) is 0. The normalized spacial score (nSPS) is 18.0. The molecule has 3 heteroatoms. The van der Waals surface area contributed by atoms with E-state index in [4.69, 9.17) is 4.74 Å². The van der Waals surface area contributed by atoms with Crippen LogP contribution in [0.5, 0.6) is 0 Å². The molecule has 1 fully saturated rings. The lowest BCUT2D eigenvalue weighted by molar-refractivity contribution is 0.0355. The van der Waals surface area contributed by atoms with Gasteiger partial charge in [-0.3, -0.25) is 4.79 Å². The van der Waals surface area contributed by atoms with Crippen molar-refractivity contribution >= 4 is 5.78 Å². The zero-order valence-corrected chi connectivity index (χ0v) is 10.6. The van der Waals surface area contributed by atoms with Crippen molar-refractivity contribution in [3.05, 3.63) is 35.4 Å². The fraction of sp³-hybridized carbons (Fsp3) is 0.467. The van der Waals surface area contributed by atoms with Gasteiger partial charge in [0, 0.05) is 18.8 Å². The maximum atomic E-state index is 12.5. The molecule has 0 aromatic heterocycles. The van der Waals surface area contributed by atoms with E-state index in [9.17, 15) is 10.1 Å². The number of nitriles is 1. The quantitative estimate of drug-likeness (QED) is 0.767. The summed E-state index contributed by atoms with van der Waals surface area (Å²) in [5.41, 5.74) is 0.951. The molecule has 1 aromatic rings. The summed E-state index contributed by atoms with van der Waals surface area (Å²) in [6, 6.07) is 9.78. The average Bonchev–Trinajstić information content (AvgIpc) is 2.47. The van der Waals surface area contributed by atoms with Gasteiger partial charge in [0.2, 0.25) is 0 Å². The van der Waals surface area contributed by atoms with Gasteiger partial charge in [-0.15, -0.1) is 0 Å². The number of carbonyl (C=O) groups is 1. The van der Waals surface area contributed by atoms with Crippen LogP contribution in [0, 0.1) is 16.7 Å². The second-order valence-corrected chi connectivity index (χ2v) is 4.69. The molecular formula is C15H17NO2. The third-order valence-electron chi connectivity index (χ3n) is 3.62. The summed E-state index contributed by atoms with van der Waals surface area (Å²) in [6.45, 7) is 3.06. The number of hydrogen-bond donors (Lipinski definition) is 0. The highest BCUT2D eigenvalue weighted by atomic mass is 16.5. The topological polar surface area (TPSA) is 50.1 Å².